The summed E-state index contributed by atoms with van der Waals surface area (Å²) in [4.78, 5) is 22.8. The van der Waals surface area contributed by atoms with Gasteiger partial charge in [-0.1, -0.05) is 18.2 Å². The summed E-state index contributed by atoms with van der Waals surface area (Å²) in [6.45, 7) is 5.16. The van der Waals surface area contributed by atoms with Crippen LogP contribution in [0, 0.1) is 12.7 Å². The van der Waals surface area contributed by atoms with Gasteiger partial charge in [-0.05, 0) is 56.2 Å². The monoisotopic (exact) mass is 493 g/mol. The Morgan fingerprint density at radius 2 is 1.92 bits per heavy atom. The number of amides is 1. The number of hydrogen-bond donors (Lipinski definition) is 3. The molecule has 0 saturated carbocycles. The molecular formula is C26H28FN5O4. The highest BCUT2D eigenvalue weighted by Crippen LogP contribution is 2.31. The number of carbonyl (C=O) groups excluding carboxylic acids is 1. The zero-order chi connectivity index (χ0) is 25.9. The second kappa shape index (κ2) is 10.3. The number of nitrogens with one attached hydrogen (secondary N) is 2. The van der Waals surface area contributed by atoms with Crippen molar-refractivity contribution >= 4 is 28.3 Å². The van der Waals surface area contributed by atoms with Gasteiger partial charge in [-0.3, -0.25) is 9.63 Å². The average molecular weight is 494 g/mol. The number of fused-ring (bicyclic) bond motifs is 1. The van der Waals surface area contributed by atoms with E-state index in [0.29, 0.717) is 23.3 Å². The molecule has 1 amide bonds. The number of ether oxygens (including phenoxy) is 1. The zero-order valence-electron chi connectivity index (χ0n) is 20.5. The van der Waals surface area contributed by atoms with Crippen molar-refractivity contribution in [2.75, 3.05) is 19.0 Å². The second-order valence-electron chi connectivity index (χ2n) is 8.99. The van der Waals surface area contributed by atoms with Gasteiger partial charge in [0.1, 0.15) is 17.2 Å². The summed E-state index contributed by atoms with van der Waals surface area (Å²) in [6.07, 6.45) is 2.96. The van der Waals surface area contributed by atoms with Crippen molar-refractivity contribution in [3.05, 3.63) is 77.4 Å². The minimum absolute atomic E-state index is 0.125. The van der Waals surface area contributed by atoms with Crippen molar-refractivity contribution in [2.45, 2.75) is 32.9 Å². The standard InChI is InChI=1S/C26H28FN5O4/c1-16-5-10-22(21(27)11-16)30-23-19-13-29-32(14-17-6-8-18(35-4)9-7-17)24(19)28-12-20(23)25(34)31-36-26(2,3)15-33/h5-13,33H,14-15H2,1-4H3,(H,28,30)(H,31,34). The number of rotatable bonds is 9. The molecule has 0 radical (unpaired) electrons. The van der Waals surface area contributed by atoms with Gasteiger partial charge < -0.3 is 15.2 Å². The van der Waals surface area contributed by atoms with E-state index in [9.17, 15) is 14.3 Å². The van der Waals surface area contributed by atoms with E-state index >= 15 is 0 Å². The first-order valence-electron chi connectivity index (χ1n) is 11.3. The summed E-state index contributed by atoms with van der Waals surface area (Å²) in [6, 6.07) is 12.3. The lowest BCUT2D eigenvalue weighted by atomic mass is 10.1. The number of pyridine rings is 1. The molecule has 4 rings (SSSR count). The van der Waals surface area contributed by atoms with E-state index in [-0.39, 0.29) is 17.9 Å². The molecule has 188 valence electrons. The van der Waals surface area contributed by atoms with Crippen molar-refractivity contribution in [2.24, 2.45) is 0 Å². The number of aromatic nitrogens is 3. The van der Waals surface area contributed by atoms with E-state index in [0.717, 1.165) is 16.9 Å². The number of aliphatic hydroxyl groups is 1. The maximum Gasteiger partial charge on any atom is 0.278 e. The molecule has 2 aromatic heterocycles. The van der Waals surface area contributed by atoms with E-state index in [2.05, 4.69) is 20.9 Å². The SMILES string of the molecule is COc1ccc(Cn2ncc3c(Nc4ccc(C)cc4F)c(C(=O)NOC(C)(C)CO)cnc32)cc1. The molecule has 0 unspecified atom stereocenters. The topological polar surface area (TPSA) is 111 Å². The Hall–Kier alpha value is -4.02. The highest BCUT2D eigenvalue weighted by molar-refractivity contribution is 6.07. The number of aliphatic hydroxyl groups excluding tert-OH is 1. The quantitative estimate of drug-likeness (QED) is 0.301. The molecule has 36 heavy (non-hydrogen) atoms. The molecular weight excluding hydrogens is 465 g/mol. The van der Waals surface area contributed by atoms with Gasteiger partial charge >= 0.3 is 0 Å². The molecule has 0 saturated heterocycles. The zero-order valence-corrected chi connectivity index (χ0v) is 20.5. The summed E-state index contributed by atoms with van der Waals surface area (Å²) in [5.41, 5.74) is 4.25. The Morgan fingerprint density at radius 1 is 1.17 bits per heavy atom. The molecule has 9 nitrogen and oxygen atoms in total. The fourth-order valence-corrected chi connectivity index (χ4v) is 3.48. The van der Waals surface area contributed by atoms with Crippen molar-refractivity contribution < 1.29 is 23.9 Å². The van der Waals surface area contributed by atoms with E-state index in [1.54, 1.807) is 50.9 Å². The van der Waals surface area contributed by atoms with Crippen LogP contribution in [0.5, 0.6) is 5.75 Å². The lowest BCUT2D eigenvalue weighted by Crippen LogP contribution is -2.38. The van der Waals surface area contributed by atoms with Gasteiger partial charge in [-0.2, -0.15) is 5.10 Å². The number of aryl methyl sites for hydroxylation is 1. The largest absolute Gasteiger partial charge is 0.497 e. The number of anilines is 2. The third-order valence-electron chi connectivity index (χ3n) is 5.59. The average Bonchev–Trinajstić information content (AvgIpc) is 3.28. The maximum absolute atomic E-state index is 14.7. The normalized spacial score (nSPS) is 11.5. The summed E-state index contributed by atoms with van der Waals surface area (Å²) in [5, 5.41) is 17.4. The van der Waals surface area contributed by atoms with Crippen LogP contribution in [0.3, 0.4) is 0 Å². The Kier molecular flexibility index (Phi) is 7.18. The van der Waals surface area contributed by atoms with Gasteiger partial charge in [0, 0.05) is 6.20 Å². The number of nitrogens with zero attached hydrogens (tertiary/aromatic N) is 3. The number of benzene rings is 2. The lowest BCUT2D eigenvalue weighted by Gasteiger charge is -2.22. The van der Waals surface area contributed by atoms with E-state index < -0.39 is 17.3 Å². The van der Waals surface area contributed by atoms with Gasteiger partial charge in [-0.25, -0.2) is 19.5 Å². The molecule has 4 aromatic rings. The summed E-state index contributed by atoms with van der Waals surface area (Å²) >= 11 is 0. The Labute approximate surface area is 207 Å². The van der Waals surface area contributed by atoms with Crippen LogP contribution >= 0.6 is 0 Å². The number of halogens is 1. The highest BCUT2D eigenvalue weighted by atomic mass is 19.1. The number of hydrogen-bond acceptors (Lipinski definition) is 7. The van der Waals surface area contributed by atoms with Crippen molar-refractivity contribution in [1.82, 2.24) is 20.2 Å². The number of carbonyl (C=O) groups is 1. The highest BCUT2D eigenvalue weighted by Gasteiger charge is 2.23. The molecule has 0 fully saturated rings. The Balaban J connectivity index is 1.73. The first-order chi connectivity index (χ1) is 17.2. The van der Waals surface area contributed by atoms with Gasteiger partial charge in [0.05, 0.1) is 48.8 Å². The van der Waals surface area contributed by atoms with Gasteiger partial charge in [0.2, 0.25) is 0 Å². The van der Waals surface area contributed by atoms with Crippen LogP contribution in [-0.4, -0.2) is 45.1 Å². The van der Waals surface area contributed by atoms with Crippen LogP contribution in [0.2, 0.25) is 0 Å². The van der Waals surface area contributed by atoms with Crippen LogP contribution in [0.15, 0.2) is 54.9 Å². The predicted molar refractivity (Wildman–Crippen MR) is 134 cm³/mol. The first-order valence-corrected chi connectivity index (χ1v) is 11.3. The van der Waals surface area contributed by atoms with E-state index in [1.807, 2.05) is 24.3 Å². The summed E-state index contributed by atoms with van der Waals surface area (Å²) in [5.74, 6) is -0.325. The van der Waals surface area contributed by atoms with Crippen molar-refractivity contribution in [3.8, 4) is 5.75 Å². The fourth-order valence-electron chi connectivity index (χ4n) is 3.48. The smallest absolute Gasteiger partial charge is 0.278 e. The van der Waals surface area contributed by atoms with E-state index in [1.165, 1.54) is 12.3 Å². The molecule has 10 heteroatoms. The van der Waals surface area contributed by atoms with Crippen LogP contribution < -0.4 is 15.5 Å². The Morgan fingerprint density at radius 3 is 2.58 bits per heavy atom. The van der Waals surface area contributed by atoms with Crippen LogP contribution in [0.4, 0.5) is 15.8 Å². The number of methoxy groups -OCH3 is 1. The third-order valence-corrected chi connectivity index (χ3v) is 5.59. The van der Waals surface area contributed by atoms with Crippen LogP contribution in [-0.2, 0) is 11.4 Å². The predicted octanol–water partition coefficient (Wildman–Crippen LogP) is 4.11. The molecule has 0 aliphatic heterocycles. The maximum atomic E-state index is 14.7. The third kappa shape index (κ3) is 5.45. The molecule has 2 aromatic carbocycles. The van der Waals surface area contributed by atoms with E-state index in [4.69, 9.17) is 9.57 Å². The molecule has 0 atom stereocenters. The minimum Gasteiger partial charge on any atom is -0.497 e. The molecule has 2 heterocycles. The molecule has 0 aliphatic carbocycles. The first kappa shape index (κ1) is 25.1. The molecule has 0 bridgehead atoms. The number of hydroxylamine groups is 1. The molecule has 3 N–H and O–H groups in total. The Bertz CT molecular complexity index is 1390. The summed E-state index contributed by atoms with van der Waals surface area (Å²) in [7, 11) is 1.61. The fraction of sp³-hybridized carbons (Fsp3) is 0.269. The van der Waals surface area contributed by atoms with Gasteiger partial charge in [-0.15, -0.1) is 0 Å². The van der Waals surface area contributed by atoms with Gasteiger partial charge in [0.15, 0.2) is 5.65 Å². The molecule has 0 spiro atoms. The van der Waals surface area contributed by atoms with Crippen molar-refractivity contribution in [1.29, 1.82) is 0 Å². The van der Waals surface area contributed by atoms with Crippen LogP contribution in [0.25, 0.3) is 11.0 Å². The van der Waals surface area contributed by atoms with Crippen molar-refractivity contribution in [3.63, 3.8) is 0 Å². The second-order valence-corrected chi connectivity index (χ2v) is 8.99. The molecule has 0 aliphatic rings. The summed E-state index contributed by atoms with van der Waals surface area (Å²) < 4.78 is 21.6. The van der Waals surface area contributed by atoms with Gasteiger partial charge in [0.25, 0.3) is 5.91 Å². The minimum atomic E-state index is -0.993. The lowest BCUT2D eigenvalue weighted by molar-refractivity contribution is -0.0956. The van der Waals surface area contributed by atoms with Crippen LogP contribution in [0.1, 0.15) is 35.3 Å².